The van der Waals surface area contributed by atoms with E-state index in [9.17, 15) is 4.79 Å². The first-order valence-electron chi connectivity index (χ1n) is 9.89. The van der Waals surface area contributed by atoms with Crippen molar-refractivity contribution in [1.29, 1.82) is 0 Å². The Labute approximate surface area is 178 Å². The molecule has 3 aromatic rings. The SMILES string of the molecule is CN1CCc2cc(C(=O)NC3(c4nc5ccc(Cl)cc5[nH]4)CCOC3)sc2CC1. The number of fused-ring (bicyclic) bond motifs is 2. The number of nitrogens with zero attached hydrogens (tertiary/aromatic N) is 2. The molecule has 1 unspecified atom stereocenters. The van der Waals surface area contributed by atoms with Gasteiger partial charge in [0.2, 0.25) is 0 Å². The number of halogens is 1. The molecule has 2 aliphatic rings. The van der Waals surface area contributed by atoms with E-state index < -0.39 is 5.54 Å². The zero-order chi connectivity index (χ0) is 20.0. The molecular weight excluding hydrogens is 408 g/mol. The van der Waals surface area contributed by atoms with Crippen LogP contribution in [-0.4, -0.2) is 54.1 Å². The minimum Gasteiger partial charge on any atom is -0.378 e. The molecule has 1 aromatic carbocycles. The van der Waals surface area contributed by atoms with Crippen LogP contribution in [0.1, 0.15) is 32.4 Å². The first-order valence-corrected chi connectivity index (χ1v) is 11.1. The Morgan fingerprint density at radius 2 is 2.21 bits per heavy atom. The fraction of sp³-hybridized carbons (Fsp3) is 0.429. The molecule has 8 heteroatoms. The number of hydrogen-bond acceptors (Lipinski definition) is 5. The Balaban J connectivity index is 1.43. The van der Waals surface area contributed by atoms with Crippen molar-refractivity contribution in [3.8, 4) is 0 Å². The topological polar surface area (TPSA) is 70.2 Å². The van der Waals surface area contributed by atoms with Gasteiger partial charge >= 0.3 is 0 Å². The monoisotopic (exact) mass is 430 g/mol. The molecule has 2 aliphatic heterocycles. The first kappa shape index (κ1) is 19.1. The summed E-state index contributed by atoms with van der Waals surface area (Å²) in [5.41, 5.74) is 2.35. The van der Waals surface area contributed by atoms with Crippen LogP contribution in [0, 0.1) is 0 Å². The third kappa shape index (κ3) is 3.57. The molecule has 6 nitrogen and oxygen atoms in total. The van der Waals surface area contributed by atoms with E-state index in [-0.39, 0.29) is 5.91 Å². The summed E-state index contributed by atoms with van der Waals surface area (Å²) in [6, 6.07) is 7.62. The van der Waals surface area contributed by atoms with E-state index in [2.05, 4.69) is 28.3 Å². The molecule has 29 heavy (non-hydrogen) atoms. The smallest absolute Gasteiger partial charge is 0.262 e. The lowest BCUT2D eigenvalue weighted by Gasteiger charge is -2.26. The molecule has 2 N–H and O–H groups in total. The van der Waals surface area contributed by atoms with Crippen LogP contribution in [-0.2, 0) is 23.1 Å². The number of likely N-dealkylation sites (N-methyl/N-ethyl adjacent to an activating group) is 1. The van der Waals surface area contributed by atoms with Crippen molar-refractivity contribution >= 4 is 39.9 Å². The molecule has 0 spiro atoms. The standard InChI is InChI=1S/C21H23ClN4O2S/c1-26-7-4-13-10-18(29-17(13)5-8-26)19(27)25-21(6-9-28-12-21)20-23-15-3-2-14(22)11-16(15)24-20/h2-3,10-11H,4-9,12H2,1H3,(H,23,24)(H,25,27). The van der Waals surface area contributed by atoms with Gasteiger partial charge in [-0.05, 0) is 49.7 Å². The second-order valence-electron chi connectivity index (χ2n) is 7.95. The number of hydrogen-bond donors (Lipinski definition) is 2. The van der Waals surface area contributed by atoms with E-state index >= 15 is 0 Å². The van der Waals surface area contributed by atoms with E-state index in [0.29, 0.717) is 24.7 Å². The summed E-state index contributed by atoms with van der Waals surface area (Å²) >= 11 is 7.73. The molecule has 4 heterocycles. The van der Waals surface area contributed by atoms with Gasteiger partial charge in [-0.2, -0.15) is 0 Å². The highest BCUT2D eigenvalue weighted by molar-refractivity contribution is 7.14. The van der Waals surface area contributed by atoms with Gasteiger partial charge in [0.1, 0.15) is 11.4 Å². The number of rotatable bonds is 3. The fourth-order valence-corrected chi connectivity index (χ4v) is 5.38. The summed E-state index contributed by atoms with van der Waals surface area (Å²) in [4.78, 5) is 25.7. The molecule has 5 rings (SSSR count). The number of imidazole rings is 1. The number of nitrogens with one attached hydrogen (secondary N) is 2. The maximum atomic E-state index is 13.2. The van der Waals surface area contributed by atoms with Crippen LogP contribution in [0.4, 0.5) is 0 Å². The number of thiophene rings is 1. The Morgan fingerprint density at radius 3 is 3.03 bits per heavy atom. The van der Waals surface area contributed by atoms with Crippen molar-refractivity contribution in [3.63, 3.8) is 0 Å². The van der Waals surface area contributed by atoms with Gasteiger partial charge in [0.25, 0.3) is 5.91 Å². The second-order valence-corrected chi connectivity index (χ2v) is 9.52. The third-order valence-corrected chi connectivity index (χ3v) is 7.35. The number of aromatic amines is 1. The van der Waals surface area contributed by atoms with Gasteiger partial charge in [-0.15, -0.1) is 11.3 Å². The molecule has 0 saturated carbocycles. The van der Waals surface area contributed by atoms with Crippen molar-refractivity contribution in [2.75, 3.05) is 33.4 Å². The van der Waals surface area contributed by atoms with Gasteiger partial charge in [-0.3, -0.25) is 4.79 Å². The minimum absolute atomic E-state index is 0.0552. The lowest BCUT2D eigenvalue weighted by Crippen LogP contribution is -2.47. The first-order chi connectivity index (χ1) is 14.0. The van der Waals surface area contributed by atoms with Crippen molar-refractivity contribution in [2.24, 2.45) is 0 Å². The van der Waals surface area contributed by atoms with Crippen LogP contribution in [0.25, 0.3) is 11.0 Å². The van der Waals surface area contributed by atoms with E-state index in [0.717, 1.165) is 47.7 Å². The summed E-state index contributed by atoms with van der Waals surface area (Å²) in [6.45, 7) is 3.06. The number of benzene rings is 1. The summed E-state index contributed by atoms with van der Waals surface area (Å²) in [5, 5.41) is 3.90. The van der Waals surface area contributed by atoms with Crippen LogP contribution in [0.2, 0.25) is 5.02 Å². The van der Waals surface area contributed by atoms with Gasteiger partial charge in [-0.1, -0.05) is 11.6 Å². The van der Waals surface area contributed by atoms with Gasteiger partial charge in [0, 0.05) is 36.0 Å². The molecular formula is C21H23ClN4O2S. The number of carbonyl (C=O) groups excluding carboxylic acids is 1. The molecule has 0 aliphatic carbocycles. The van der Waals surface area contributed by atoms with Crippen LogP contribution in [0.3, 0.4) is 0 Å². The van der Waals surface area contributed by atoms with Crippen molar-refractivity contribution in [2.45, 2.75) is 24.8 Å². The van der Waals surface area contributed by atoms with E-state index in [1.807, 2.05) is 18.2 Å². The number of ether oxygens (including phenoxy) is 1. The van der Waals surface area contributed by atoms with Gasteiger partial charge in [0.05, 0.1) is 22.5 Å². The summed E-state index contributed by atoms with van der Waals surface area (Å²) in [7, 11) is 2.15. The highest BCUT2D eigenvalue weighted by Gasteiger charge is 2.41. The average molecular weight is 431 g/mol. The second kappa shape index (κ2) is 7.40. The Kier molecular flexibility index (Phi) is 4.86. The summed E-state index contributed by atoms with van der Waals surface area (Å²) in [6.07, 6.45) is 2.68. The third-order valence-electron chi connectivity index (χ3n) is 5.88. The number of carbonyl (C=O) groups is 1. The lowest BCUT2D eigenvalue weighted by atomic mass is 9.97. The molecule has 2 aromatic heterocycles. The molecule has 152 valence electrons. The molecule has 1 saturated heterocycles. The quantitative estimate of drug-likeness (QED) is 0.668. The number of H-pyrrole nitrogens is 1. The fourth-order valence-electron chi connectivity index (χ4n) is 4.11. The maximum Gasteiger partial charge on any atom is 0.262 e. The number of aromatic nitrogens is 2. The minimum atomic E-state index is -0.649. The highest BCUT2D eigenvalue weighted by atomic mass is 35.5. The van der Waals surface area contributed by atoms with Crippen LogP contribution in [0.15, 0.2) is 24.3 Å². The summed E-state index contributed by atoms with van der Waals surface area (Å²) < 4.78 is 5.68. The normalized spacial score (nSPS) is 22.6. The predicted octanol–water partition coefficient (Wildman–Crippen LogP) is 3.35. The molecule has 0 bridgehead atoms. The Bertz CT molecular complexity index is 1040. The van der Waals surface area contributed by atoms with Gasteiger partial charge in [-0.25, -0.2) is 4.98 Å². The van der Waals surface area contributed by atoms with E-state index in [1.165, 1.54) is 10.4 Å². The van der Waals surface area contributed by atoms with Crippen LogP contribution in [0.5, 0.6) is 0 Å². The molecule has 0 radical (unpaired) electrons. The predicted molar refractivity (Wildman–Crippen MR) is 115 cm³/mol. The maximum absolute atomic E-state index is 13.2. The highest BCUT2D eigenvalue weighted by Crippen LogP contribution is 2.32. The van der Waals surface area contributed by atoms with E-state index in [4.69, 9.17) is 21.3 Å². The van der Waals surface area contributed by atoms with Crippen molar-refractivity contribution < 1.29 is 9.53 Å². The molecule has 1 atom stereocenters. The summed E-state index contributed by atoms with van der Waals surface area (Å²) in [5.74, 6) is 0.667. The van der Waals surface area contributed by atoms with E-state index in [1.54, 1.807) is 11.3 Å². The van der Waals surface area contributed by atoms with Crippen molar-refractivity contribution in [1.82, 2.24) is 20.2 Å². The van der Waals surface area contributed by atoms with Crippen LogP contribution < -0.4 is 5.32 Å². The number of amides is 1. The Hall–Kier alpha value is -1.93. The molecule has 1 amide bonds. The van der Waals surface area contributed by atoms with Gasteiger partial charge < -0.3 is 19.9 Å². The van der Waals surface area contributed by atoms with Crippen molar-refractivity contribution in [3.05, 3.63) is 50.4 Å². The Morgan fingerprint density at radius 1 is 1.34 bits per heavy atom. The van der Waals surface area contributed by atoms with Crippen LogP contribution >= 0.6 is 22.9 Å². The zero-order valence-electron chi connectivity index (χ0n) is 16.3. The lowest BCUT2D eigenvalue weighted by molar-refractivity contribution is 0.0874. The van der Waals surface area contributed by atoms with Gasteiger partial charge in [0.15, 0.2) is 0 Å². The average Bonchev–Trinajstić information content (AvgIpc) is 3.41. The zero-order valence-corrected chi connectivity index (χ0v) is 17.8. The largest absolute Gasteiger partial charge is 0.378 e. The molecule has 1 fully saturated rings.